The van der Waals surface area contributed by atoms with E-state index in [0.717, 1.165) is 0 Å². The average Bonchev–Trinajstić information content (AvgIpc) is 2.56. The molecule has 0 amide bonds. The van der Waals surface area contributed by atoms with Crippen molar-refractivity contribution in [3.8, 4) is 11.5 Å². The Morgan fingerprint density at radius 1 is 1.12 bits per heavy atom. The van der Waals surface area contributed by atoms with Crippen LogP contribution in [0.4, 0.5) is 15.9 Å². The van der Waals surface area contributed by atoms with Gasteiger partial charge in [-0.15, -0.1) is 0 Å². The standard InChI is InChI=1S/C17H14FN3O3/c1-10(22)24-16-7-13-14(8-15(16)23-2)19-9-20-17(13)21-12-5-3-11(18)4-6-12/h3-9H,1-2H3,(H,19,20,21). The highest BCUT2D eigenvalue weighted by molar-refractivity contribution is 5.93. The van der Waals surface area contributed by atoms with Crippen molar-refractivity contribution in [2.45, 2.75) is 6.92 Å². The first-order valence-corrected chi connectivity index (χ1v) is 7.10. The van der Waals surface area contributed by atoms with Gasteiger partial charge in [0.15, 0.2) is 11.5 Å². The second-order valence-electron chi connectivity index (χ2n) is 4.97. The van der Waals surface area contributed by atoms with Crippen LogP contribution in [0.5, 0.6) is 11.5 Å². The van der Waals surface area contributed by atoms with Crippen molar-refractivity contribution >= 4 is 28.4 Å². The molecule has 0 atom stereocenters. The van der Waals surface area contributed by atoms with E-state index in [1.54, 1.807) is 24.3 Å². The molecule has 2 aromatic carbocycles. The minimum Gasteiger partial charge on any atom is -0.493 e. The maximum absolute atomic E-state index is 13.0. The third-order valence-corrected chi connectivity index (χ3v) is 3.28. The van der Waals surface area contributed by atoms with Gasteiger partial charge in [-0.2, -0.15) is 0 Å². The van der Waals surface area contributed by atoms with Gasteiger partial charge >= 0.3 is 5.97 Å². The largest absolute Gasteiger partial charge is 0.493 e. The summed E-state index contributed by atoms with van der Waals surface area (Å²) >= 11 is 0. The number of benzene rings is 2. The number of hydrogen-bond acceptors (Lipinski definition) is 6. The predicted octanol–water partition coefficient (Wildman–Crippen LogP) is 3.45. The van der Waals surface area contributed by atoms with Crippen molar-refractivity contribution in [3.05, 3.63) is 48.5 Å². The van der Waals surface area contributed by atoms with E-state index in [1.165, 1.54) is 32.5 Å². The number of carbonyl (C=O) groups excluding carboxylic acids is 1. The minimum absolute atomic E-state index is 0.273. The molecule has 0 unspecified atom stereocenters. The molecule has 7 heteroatoms. The Morgan fingerprint density at radius 2 is 1.88 bits per heavy atom. The van der Waals surface area contributed by atoms with Gasteiger partial charge in [0.05, 0.1) is 12.6 Å². The monoisotopic (exact) mass is 327 g/mol. The Kier molecular flexibility index (Phi) is 4.24. The maximum atomic E-state index is 13.0. The number of anilines is 2. The van der Waals surface area contributed by atoms with Gasteiger partial charge in [0, 0.05) is 24.1 Å². The summed E-state index contributed by atoms with van der Waals surface area (Å²) in [5.41, 5.74) is 1.28. The zero-order valence-electron chi connectivity index (χ0n) is 13.0. The number of esters is 1. The van der Waals surface area contributed by atoms with Crippen LogP contribution in [-0.4, -0.2) is 23.0 Å². The van der Waals surface area contributed by atoms with Gasteiger partial charge in [0.25, 0.3) is 0 Å². The van der Waals surface area contributed by atoms with Crippen LogP contribution in [0.2, 0.25) is 0 Å². The summed E-state index contributed by atoms with van der Waals surface area (Å²) in [7, 11) is 1.48. The van der Waals surface area contributed by atoms with Crippen LogP contribution in [0.25, 0.3) is 10.9 Å². The lowest BCUT2D eigenvalue weighted by Gasteiger charge is -2.12. The molecule has 1 aromatic heterocycles. The number of nitrogens with zero attached hydrogens (tertiary/aromatic N) is 2. The van der Waals surface area contributed by atoms with Gasteiger partial charge in [-0.25, -0.2) is 14.4 Å². The summed E-state index contributed by atoms with van der Waals surface area (Å²) in [6, 6.07) is 9.17. The van der Waals surface area contributed by atoms with E-state index in [0.29, 0.717) is 28.2 Å². The molecule has 0 aliphatic rings. The van der Waals surface area contributed by atoms with Crippen molar-refractivity contribution in [2.24, 2.45) is 0 Å². The molecular weight excluding hydrogens is 313 g/mol. The Hall–Kier alpha value is -3.22. The van der Waals surface area contributed by atoms with Crippen LogP contribution < -0.4 is 14.8 Å². The van der Waals surface area contributed by atoms with E-state index in [4.69, 9.17) is 9.47 Å². The molecule has 1 heterocycles. The first kappa shape index (κ1) is 15.7. The van der Waals surface area contributed by atoms with Crippen molar-refractivity contribution in [3.63, 3.8) is 0 Å². The summed E-state index contributed by atoms with van der Waals surface area (Å²) in [6.45, 7) is 1.31. The van der Waals surface area contributed by atoms with E-state index in [2.05, 4.69) is 15.3 Å². The topological polar surface area (TPSA) is 73.3 Å². The lowest BCUT2D eigenvalue weighted by molar-refractivity contribution is -0.132. The van der Waals surface area contributed by atoms with Crippen LogP contribution in [0, 0.1) is 5.82 Å². The molecule has 0 spiro atoms. The molecule has 122 valence electrons. The third-order valence-electron chi connectivity index (χ3n) is 3.28. The molecule has 0 radical (unpaired) electrons. The van der Waals surface area contributed by atoms with Crippen molar-refractivity contribution in [1.82, 2.24) is 9.97 Å². The maximum Gasteiger partial charge on any atom is 0.308 e. The summed E-state index contributed by atoms with van der Waals surface area (Å²) in [5, 5.41) is 3.73. The van der Waals surface area contributed by atoms with Crippen LogP contribution in [0.1, 0.15) is 6.92 Å². The summed E-state index contributed by atoms with van der Waals surface area (Å²) in [4.78, 5) is 19.7. The number of nitrogens with one attached hydrogen (secondary N) is 1. The summed E-state index contributed by atoms with van der Waals surface area (Å²) in [6.07, 6.45) is 1.40. The highest BCUT2D eigenvalue weighted by atomic mass is 19.1. The van der Waals surface area contributed by atoms with Gasteiger partial charge in [-0.05, 0) is 30.3 Å². The Bertz CT molecular complexity index is 897. The number of aromatic nitrogens is 2. The van der Waals surface area contributed by atoms with E-state index in [-0.39, 0.29) is 11.6 Å². The SMILES string of the molecule is COc1cc2ncnc(Nc3ccc(F)cc3)c2cc1OC(C)=O. The Morgan fingerprint density at radius 3 is 2.54 bits per heavy atom. The molecule has 3 aromatic rings. The van der Waals surface area contributed by atoms with Gasteiger partial charge in [-0.1, -0.05) is 0 Å². The van der Waals surface area contributed by atoms with Crippen LogP contribution in [0.15, 0.2) is 42.7 Å². The highest BCUT2D eigenvalue weighted by Crippen LogP contribution is 2.34. The quantitative estimate of drug-likeness (QED) is 0.584. The zero-order valence-corrected chi connectivity index (χ0v) is 13.0. The Labute approximate surface area is 137 Å². The van der Waals surface area contributed by atoms with E-state index < -0.39 is 5.97 Å². The fourth-order valence-electron chi connectivity index (χ4n) is 2.23. The summed E-state index contributed by atoms with van der Waals surface area (Å²) in [5.74, 6) is 0.383. The molecule has 0 saturated heterocycles. The normalized spacial score (nSPS) is 10.5. The molecule has 0 bridgehead atoms. The van der Waals surface area contributed by atoms with Crippen molar-refractivity contribution < 1.29 is 18.7 Å². The molecule has 0 fully saturated rings. The molecule has 0 saturated carbocycles. The van der Waals surface area contributed by atoms with Crippen LogP contribution in [0.3, 0.4) is 0 Å². The second kappa shape index (κ2) is 6.49. The number of halogens is 1. The molecule has 24 heavy (non-hydrogen) atoms. The van der Waals surface area contributed by atoms with Gasteiger partial charge in [0.1, 0.15) is 18.0 Å². The first-order valence-electron chi connectivity index (χ1n) is 7.10. The number of ether oxygens (including phenoxy) is 2. The van der Waals surface area contributed by atoms with E-state index in [9.17, 15) is 9.18 Å². The fraction of sp³-hybridized carbons (Fsp3) is 0.118. The molecule has 1 N–H and O–H groups in total. The number of methoxy groups -OCH3 is 1. The van der Waals surface area contributed by atoms with Gasteiger partial charge in [0.2, 0.25) is 0 Å². The van der Waals surface area contributed by atoms with E-state index >= 15 is 0 Å². The number of fused-ring (bicyclic) bond motifs is 1. The van der Waals surface area contributed by atoms with Crippen molar-refractivity contribution in [2.75, 3.05) is 12.4 Å². The number of rotatable bonds is 4. The van der Waals surface area contributed by atoms with Crippen molar-refractivity contribution in [1.29, 1.82) is 0 Å². The van der Waals surface area contributed by atoms with Crippen LogP contribution >= 0.6 is 0 Å². The van der Waals surface area contributed by atoms with Gasteiger partial charge in [-0.3, -0.25) is 4.79 Å². The lowest BCUT2D eigenvalue weighted by Crippen LogP contribution is -2.04. The molecule has 6 nitrogen and oxygen atoms in total. The number of carbonyl (C=O) groups is 1. The number of hydrogen-bond donors (Lipinski definition) is 1. The average molecular weight is 327 g/mol. The molecule has 0 aliphatic carbocycles. The second-order valence-corrected chi connectivity index (χ2v) is 4.97. The first-order chi connectivity index (χ1) is 11.6. The third kappa shape index (κ3) is 3.24. The van der Waals surface area contributed by atoms with Crippen LogP contribution in [-0.2, 0) is 4.79 Å². The van der Waals surface area contributed by atoms with E-state index in [1.807, 2.05) is 0 Å². The lowest BCUT2D eigenvalue weighted by atomic mass is 10.2. The fourth-order valence-corrected chi connectivity index (χ4v) is 2.23. The summed E-state index contributed by atoms with van der Waals surface area (Å²) < 4.78 is 23.4. The molecule has 3 rings (SSSR count). The highest BCUT2D eigenvalue weighted by Gasteiger charge is 2.13. The molecule has 0 aliphatic heterocycles. The smallest absolute Gasteiger partial charge is 0.308 e. The molecular formula is C17H14FN3O3. The predicted molar refractivity (Wildman–Crippen MR) is 87.1 cm³/mol. The minimum atomic E-state index is -0.461. The zero-order chi connectivity index (χ0) is 17.1. The Balaban J connectivity index is 2.07. The van der Waals surface area contributed by atoms with Gasteiger partial charge < -0.3 is 14.8 Å².